The predicted molar refractivity (Wildman–Crippen MR) is 73.2 cm³/mol. The van der Waals surface area contributed by atoms with Gasteiger partial charge in [-0.3, -0.25) is 14.5 Å². The van der Waals surface area contributed by atoms with Crippen molar-refractivity contribution in [1.29, 1.82) is 0 Å². The fourth-order valence-electron chi connectivity index (χ4n) is 2.97. The molecule has 3 rings (SSSR count). The third-order valence-corrected chi connectivity index (χ3v) is 3.91. The van der Waals surface area contributed by atoms with E-state index in [-0.39, 0.29) is 11.8 Å². The molecule has 7 heteroatoms. The minimum absolute atomic E-state index is 0.348. The molecule has 2 heterocycles. The van der Waals surface area contributed by atoms with E-state index in [1.165, 1.54) is 4.90 Å². The quantitative estimate of drug-likeness (QED) is 0.679. The van der Waals surface area contributed by atoms with Crippen molar-refractivity contribution in [2.24, 2.45) is 0 Å². The van der Waals surface area contributed by atoms with Gasteiger partial charge in [-0.2, -0.15) is 0 Å². The summed E-state index contributed by atoms with van der Waals surface area (Å²) >= 11 is 0. The first-order valence-corrected chi connectivity index (χ1v) is 6.76. The van der Waals surface area contributed by atoms with E-state index in [4.69, 9.17) is 5.11 Å². The number of fused-ring (bicyclic) bond motifs is 1. The second-order valence-corrected chi connectivity index (χ2v) is 5.14. The molecule has 21 heavy (non-hydrogen) atoms. The van der Waals surface area contributed by atoms with Crippen LogP contribution in [0.25, 0.3) is 0 Å². The molecule has 3 N–H and O–H groups in total. The van der Waals surface area contributed by atoms with Gasteiger partial charge >= 0.3 is 6.09 Å². The molecule has 2 aliphatic heterocycles. The summed E-state index contributed by atoms with van der Waals surface area (Å²) in [5, 5.41) is 14.4. The molecule has 7 nitrogen and oxygen atoms in total. The average molecular weight is 289 g/mol. The van der Waals surface area contributed by atoms with E-state index < -0.39 is 18.2 Å². The maximum Gasteiger partial charge on any atom is 0.404 e. The van der Waals surface area contributed by atoms with Crippen molar-refractivity contribution in [1.82, 2.24) is 15.5 Å². The molecular weight excluding hydrogens is 274 g/mol. The zero-order valence-electron chi connectivity index (χ0n) is 11.2. The van der Waals surface area contributed by atoms with Crippen LogP contribution >= 0.6 is 0 Å². The van der Waals surface area contributed by atoms with Gasteiger partial charge in [0, 0.05) is 6.54 Å². The summed E-state index contributed by atoms with van der Waals surface area (Å²) in [7, 11) is 0. The summed E-state index contributed by atoms with van der Waals surface area (Å²) in [6.07, 6.45) is -0.638. The number of imide groups is 1. The molecule has 1 saturated heterocycles. The van der Waals surface area contributed by atoms with Crippen molar-refractivity contribution in [2.45, 2.75) is 18.5 Å². The summed E-state index contributed by atoms with van der Waals surface area (Å²) < 4.78 is 0. The van der Waals surface area contributed by atoms with Crippen LogP contribution in [0.4, 0.5) is 4.79 Å². The number of hydrogen-bond donors (Lipinski definition) is 3. The molecule has 0 radical (unpaired) electrons. The van der Waals surface area contributed by atoms with Gasteiger partial charge in [-0.1, -0.05) is 12.1 Å². The van der Waals surface area contributed by atoms with Crippen molar-refractivity contribution >= 4 is 17.9 Å². The number of amides is 3. The average Bonchev–Trinajstić information content (AvgIpc) is 2.72. The van der Waals surface area contributed by atoms with Crippen LogP contribution < -0.4 is 10.6 Å². The molecule has 1 aromatic carbocycles. The fourth-order valence-corrected chi connectivity index (χ4v) is 2.97. The normalized spacial score (nSPS) is 24.9. The van der Waals surface area contributed by atoms with E-state index in [1.807, 2.05) is 0 Å². The molecule has 2 atom stereocenters. The topological polar surface area (TPSA) is 98.7 Å². The highest BCUT2D eigenvalue weighted by molar-refractivity contribution is 6.21. The molecule has 0 spiro atoms. The molecule has 2 aliphatic rings. The van der Waals surface area contributed by atoms with E-state index in [9.17, 15) is 14.4 Å². The summed E-state index contributed by atoms with van der Waals surface area (Å²) in [5.41, 5.74) is 0.769. The minimum atomic E-state index is -1.16. The van der Waals surface area contributed by atoms with Crippen molar-refractivity contribution in [3.8, 4) is 0 Å². The van der Waals surface area contributed by atoms with Crippen LogP contribution in [-0.4, -0.2) is 53.1 Å². The standard InChI is InChI=1S/C14H15N3O4/c18-12-8-3-1-2-4-9(8)13(19)17(12)11-5-6-15-7-10(11)16-14(20)21/h1-4,10-11,15-16H,5-7H2,(H,20,21). The number of carbonyl (C=O) groups excluding carboxylic acids is 2. The summed E-state index contributed by atoms with van der Waals surface area (Å²) in [6.45, 7) is 1.03. The Hall–Kier alpha value is -2.41. The zero-order valence-corrected chi connectivity index (χ0v) is 11.2. The monoisotopic (exact) mass is 289 g/mol. The summed E-state index contributed by atoms with van der Waals surface area (Å²) in [4.78, 5) is 37.0. The molecule has 1 fully saturated rings. The van der Waals surface area contributed by atoms with Gasteiger partial charge in [0.1, 0.15) is 0 Å². The van der Waals surface area contributed by atoms with Crippen molar-refractivity contribution < 1.29 is 19.5 Å². The number of nitrogens with zero attached hydrogens (tertiary/aromatic N) is 1. The van der Waals surface area contributed by atoms with Crippen molar-refractivity contribution in [3.63, 3.8) is 0 Å². The fraction of sp³-hybridized carbons (Fsp3) is 0.357. The van der Waals surface area contributed by atoms with Crippen LogP contribution in [0.5, 0.6) is 0 Å². The van der Waals surface area contributed by atoms with Gasteiger partial charge < -0.3 is 15.7 Å². The summed E-state index contributed by atoms with van der Waals surface area (Å²) in [6, 6.07) is 5.70. The Morgan fingerprint density at radius 3 is 2.43 bits per heavy atom. The van der Waals surface area contributed by atoms with E-state index in [2.05, 4.69) is 10.6 Å². The minimum Gasteiger partial charge on any atom is -0.465 e. The SMILES string of the molecule is O=C(O)NC1CNCCC1N1C(=O)c2ccccc2C1=O. The molecule has 0 aliphatic carbocycles. The third-order valence-electron chi connectivity index (χ3n) is 3.91. The van der Waals surface area contributed by atoms with Crippen LogP contribution in [0.15, 0.2) is 24.3 Å². The van der Waals surface area contributed by atoms with Gasteiger partial charge in [-0.05, 0) is 25.1 Å². The van der Waals surface area contributed by atoms with E-state index >= 15 is 0 Å². The van der Waals surface area contributed by atoms with Crippen molar-refractivity contribution in [3.05, 3.63) is 35.4 Å². The van der Waals surface area contributed by atoms with Gasteiger partial charge in [-0.25, -0.2) is 4.79 Å². The number of nitrogens with one attached hydrogen (secondary N) is 2. The maximum absolute atomic E-state index is 12.4. The molecule has 0 saturated carbocycles. The van der Waals surface area contributed by atoms with E-state index in [1.54, 1.807) is 24.3 Å². The van der Waals surface area contributed by atoms with Crippen LogP contribution in [0.1, 0.15) is 27.1 Å². The van der Waals surface area contributed by atoms with Gasteiger partial charge in [0.2, 0.25) is 0 Å². The molecule has 0 bridgehead atoms. The number of rotatable bonds is 2. The Morgan fingerprint density at radius 1 is 1.24 bits per heavy atom. The third kappa shape index (κ3) is 2.25. The first-order valence-electron chi connectivity index (χ1n) is 6.76. The number of carbonyl (C=O) groups is 3. The van der Waals surface area contributed by atoms with E-state index in [0.29, 0.717) is 30.6 Å². The van der Waals surface area contributed by atoms with Crippen LogP contribution in [0.3, 0.4) is 0 Å². The zero-order chi connectivity index (χ0) is 15.0. The lowest BCUT2D eigenvalue weighted by molar-refractivity contribution is 0.0514. The molecule has 1 aromatic rings. The van der Waals surface area contributed by atoms with Crippen molar-refractivity contribution in [2.75, 3.05) is 13.1 Å². The Labute approximate surface area is 120 Å². The number of hydrogen-bond acceptors (Lipinski definition) is 4. The van der Waals surface area contributed by atoms with Gasteiger partial charge in [0.25, 0.3) is 11.8 Å². The molecule has 3 amide bonds. The lowest BCUT2D eigenvalue weighted by Crippen LogP contribution is -2.60. The highest BCUT2D eigenvalue weighted by atomic mass is 16.4. The predicted octanol–water partition coefficient (Wildman–Crippen LogP) is 0.281. The lowest BCUT2D eigenvalue weighted by atomic mass is 9.99. The van der Waals surface area contributed by atoms with E-state index in [0.717, 1.165) is 0 Å². The first-order chi connectivity index (χ1) is 10.1. The maximum atomic E-state index is 12.4. The number of piperidine rings is 1. The second kappa shape index (κ2) is 5.17. The Bertz CT molecular complexity index is 581. The second-order valence-electron chi connectivity index (χ2n) is 5.14. The van der Waals surface area contributed by atoms with Crippen LogP contribution in [0, 0.1) is 0 Å². The Balaban J connectivity index is 1.91. The Morgan fingerprint density at radius 2 is 1.86 bits per heavy atom. The van der Waals surface area contributed by atoms with Gasteiger partial charge in [0.05, 0.1) is 23.2 Å². The van der Waals surface area contributed by atoms with Gasteiger partial charge in [0.15, 0.2) is 0 Å². The molecule has 0 aromatic heterocycles. The van der Waals surface area contributed by atoms with Crippen LogP contribution in [-0.2, 0) is 0 Å². The molecular formula is C14H15N3O4. The highest BCUT2D eigenvalue weighted by Crippen LogP contribution is 2.27. The lowest BCUT2D eigenvalue weighted by Gasteiger charge is -2.36. The number of benzene rings is 1. The van der Waals surface area contributed by atoms with Gasteiger partial charge in [-0.15, -0.1) is 0 Å². The molecule has 2 unspecified atom stereocenters. The smallest absolute Gasteiger partial charge is 0.404 e. The highest BCUT2D eigenvalue weighted by Gasteiger charge is 2.43. The summed E-state index contributed by atoms with van der Waals surface area (Å²) in [5.74, 6) is -0.695. The Kier molecular flexibility index (Phi) is 3.34. The molecule has 110 valence electrons. The first kappa shape index (κ1) is 13.6. The number of carboxylic acid groups (broad SMARTS) is 1. The van der Waals surface area contributed by atoms with Crippen LogP contribution in [0.2, 0.25) is 0 Å². The largest absolute Gasteiger partial charge is 0.465 e.